The van der Waals surface area contributed by atoms with Crippen LogP contribution >= 0.6 is 0 Å². The molecule has 2 unspecified atom stereocenters. The summed E-state index contributed by atoms with van der Waals surface area (Å²) in [7, 11) is 0. The number of nitrogens with zero attached hydrogens (tertiary/aromatic N) is 1. The smallest absolute Gasteiger partial charge is 0.0487 e. The normalized spacial score (nSPS) is 38.6. The summed E-state index contributed by atoms with van der Waals surface area (Å²) < 4.78 is 0. The van der Waals surface area contributed by atoms with Crippen LogP contribution in [-0.2, 0) is 0 Å². The van der Waals surface area contributed by atoms with Gasteiger partial charge in [-0.05, 0) is 6.92 Å². The van der Waals surface area contributed by atoms with Crippen molar-refractivity contribution >= 4 is 6.21 Å². The average molecular weight is 98.1 g/mol. The summed E-state index contributed by atoms with van der Waals surface area (Å²) >= 11 is 0. The molecule has 0 aliphatic carbocycles. The van der Waals surface area contributed by atoms with Crippen LogP contribution in [0.15, 0.2) is 5.10 Å². The van der Waals surface area contributed by atoms with E-state index in [0.29, 0.717) is 12.0 Å². The summed E-state index contributed by atoms with van der Waals surface area (Å²) in [6.07, 6.45) is 1.94. The van der Waals surface area contributed by atoms with E-state index in [9.17, 15) is 0 Å². The van der Waals surface area contributed by atoms with Crippen LogP contribution in [0.2, 0.25) is 0 Å². The van der Waals surface area contributed by atoms with Crippen molar-refractivity contribution in [2.24, 2.45) is 11.0 Å². The average Bonchev–Trinajstić information content (AvgIpc) is 1.91. The minimum absolute atomic E-state index is 0.542. The Morgan fingerprint density at radius 1 is 1.57 bits per heavy atom. The lowest BCUT2D eigenvalue weighted by molar-refractivity contribution is 0.544. The van der Waals surface area contributed by atoms with E-state index in [4.69, 9.17) is 0 Å². The molecule has 40 valence electrons. The Balaban J connectivity index is 2.45. The van der Waals surface area contributed by atoms with E-state index in [0.717, 1.165) is 0 Å². The van der Waals surface area contributed by atoms with Crippen molar-refractivity contribution in [2.45, 2.75) is 19.9 Å². The van der Waals surface area contributed by atoms with Crippen molar-refractivity contribution < 1.29 is 0 Å². The van der Waals surface area contributed by atoms with Gasteiger partial charge in [0.1, 0.15) is 0 Å². The first-order chi connectivity index (χ1) is 3.30. The third-order valence-electron chi connectivity index (χ3n) is 1.38. The molecule has 2 heteroatoms. The molecular weight excluding hydrogens is 88.1 g/mol. The molecule has 0 spiro atoms. The predicted molar refractivity (Wildman–Crippen MR) is 30.3 cm³/mol. The van der Waals surface area contributed by atoms with Gasteiger partial charge in [0.2, 0.25) is 0 Å². The molecule has 1 heterocycles. The molecule has 1 aliphatic heterocycles. The summed E-state index contributed by atoms with van der Waals surface area (Å²) in [6, 6.07) is 0.542. The van der Waals surface area contributed by atoms with Crippen LogP contribution in [0.5, 0.6) is 0 Å². The molecule has 2 nitrogen and oxygen atoms in total. The SMILES string of the molecule is CC1C=NNC1C. The number of hydrogen-bond acceptors (Lipinski definition) is 2. The van der Waals surface area contributed by atoms with E-state index in [1.807, 2.05) is 6.21 Å². The maximum absolute atomic E-state index is 3.87. The van der Waals surface area contributed by atoms with Crippen LogP contribution in [-0.4, -0.2) is 12.3 Å². The fourth-order valence-corrected chi connectivity index (χ4v) is 0.525. The number of rotatable bonds is 0. The lowest BCUT2D eigenvalue weighted by Gasteiger charge is -2.04. The second-order valence-corrected chi connectivity index (χ2v) is 2.06. The van der Waals surface area contributed by atoms with Crippen LogP contribution in [0, 0.1) is 5.92 Å². The summed E-state index contributed by atoms with van der Waals surface area (Å²) in [4.78, 5) is 0. The van der Waals surface area contributed by atoms with Gasteiger partial charge in [-0.1, -0.05) is 6.92 Å². The number of hydrogen-bond donors (Lipinski definition) is 1. The molecule has 0 aromatic carbocycles. The summed E-state index contributed by atoms with van der Waals surface area (Å²) in [5, 5.41) is 3.87. The third-order valence-corrected chi connectivity index (χ3v) is 1.38. The van der Waals surface area contributed by atoms with Crippen LogP contribution in [0.4, 0.5) is 0 Å². The quantitative estimate of drug-likeness (QED) is 0.471. The minimum Gasteiger partial charge on any atom is -0.307 e. The zero-order valence-corrected chi connectivity index (χ0v) is 4.68. The molecule has 2 atom stereocenters. The van der Waals surface area contributed by atoms with Crippen LogP contribution in [0.1, 0.15) is 13.8 Å². The Bertz CT molecular complexity index is 88.1. The standard InChI is InChI=1S/C5H10N2/c1-4-3-6-7-5(4)2/h3-5,7H,1-2H3. The minimum atomic E-state index is 0.542. The van der Waals surface area contributed by atoms with Crippen molar-refractivity contribution in [1.82, 2.24) is 5.43 Å². The van der Waals surface area contributed by atoms with E-state index >= 15 is 0 Å². The van der Waals surface area contributed by atoms with Gasteiger partial charge in [0, 0.05) is 18.2 Å². The van der Waals surface area contributed by atoms with Gasteiger partial charge >= 0.3 is 0 Å². The highest BCUT2D eigenvalue weighted by Gasteiger charge is 2.12. The van der Waals surface area contributed by atoms with Gasteiger partial charge < -0.3 is 5.43 Å². The Labute approximate surface area is 43.6 Å². The fraction of sp³-hybridized carbons (Fsp3) is 0.800. The first-order valence-electron chi connectivity index (χ1n) is 2.59. The molecule has 7 heavy (non-hydrogen) atoms. The molecule has 1 N–H and O–H groups in total. The molecule has 0 aromatic heterocycles. The van der Waals surface area contributed by atoms with Gasteiger partial charge in [-0.3, -0.25) is 0 Å². The lowest BCUT2D eigenvalue weighted by Crippen LogP contribution is -2.20. The zero-order valence-electron chi connectivity index (χ0n) is 4.68. The van der Waals surface area contributed by atoms with E-state index in [2.05, 4.69) is 24.4 Å². The number of nitrogens with one attached hydrogen (secondary N) is 1. The molecule has 0 amide bonds. The van der Waals surface area contributed by atoms with Gasteiger partial charge in [0.15, 0.2) is 0 Å². The van der Waals surface area contributed by atoms with Crippen molar-refractivity contribution in [3.63, 3.8) is 0 Å². The third kappa shape index (κ3) is 0.734. The van der Waals surface area contributed by atoms with E-state index in [1.165, 1.54) is 0 Å². The van der Waals surface area contributed by atoms with Crippen molar-refractivity contribution in [1.29, 1.82) is 0 Å². The Kier molecular flexibility index (Phi) is 1.01. The Morgan fingerprint density at radius 3 is 2.43 bits per heavy atom. The van der Waals surface area contributed by atoms with Gasteiger partial charge in [-0.2, -0.15) is 5.10 Å². The van der Waals surface area contributed by atoms with Crippen molar-refractivity contribution in [3.05, 3.63) is 0 Å². The topological polar surface area (TPSA) is 24.4 Å². The maximum atomic E-state index is 3.87. The van der Waals surface area contributed by atoms with Gasteiger partial charge in [-0.25, -0.2) is 0 Å². The Morgan fingerprint density at radius 2 is 2.29 bits per heavy atom. The molecule has 0 fully saturated rings. The molecular formula is C5H10N2. The molecule has 0 bridgehead atoms. The summed E-state index contributed by atoms with van der Waals surface area (Å²) in [5.41, 5.74) is 2.94. The fourth-order valence-electron chi connectivity index (χ4n) is 0.525. The lowest BCUT2D eigenvalue weighted by atomic mass is 10.1. The van der Waals surface area contributed by atoms with Gasteiger partial charge in [-0.15, -0.1) is 0 Å². The van der Waals surface area contributed by atoms with Gasteiger partial charge in [0.25, 0.3) is 0 Å². The van der Waals surface area contributed by atoms with E-state index < -0.39 is 0 Å². The molecule has 1 rings (SSSR count). The van der Waals surface area contributed by atoms with Gasteiger partial charge in [0.05, 0.1) is 0 Å². The molecule has 0 saturated carbocycles. The van der Waals surface area contributed by atoms with E-state index in [-0.39, 0.29) is 0 Å². The summed E-state index contributed by atoms with van der Waals surface area (Å²) in [6.45, 7) is 4.27. The van der Waals surface area contributed by atoms with E-state index in [1.54, 1.807) is 0 Å². The zero-order chi connectivity index (χ0) is 5.28. The largest absolute Gasteiger partial charge is 0.307 e. The van der Waals surface area contributed by atoms with Crippen molar-refractivity contribution in [3.8, 4) is 0 Å². The second-order valence-electron chi connectivity index (χ2n) is 2.06. The highest BCUT2D eigenvalue weighted by molar-refractivity contribution is 5.62. The molecule has 0 saturated heterocycles. The molecule has 0 radical (unpaired) electrons. The monoisotopic (exact) mass is 98.1 g/mol. The predicted octanol–water partition coefficient (Wildman–Crippen LogP) is 0.600. The van der Waals surface area contributed by atoms with Crippen LogP contribution < -0.4 is 5.43 Å². The first kappa shape index (κ1) is 4.62. The summed E-state index contributed by atoms with van der Waals surface area (Å²) in [5.74, 6) is 0.611. The second kappa shape index (κ2) is 1.52. The van der Waals surface area contributed by atoms with Crippen LogP contribution in [0.3, 0.4) is 0 Å². The maximum Gasteiger partial charge on any atom is 0.0487 e. The highest BCUT2D eigenvalue weighted by atomic mass is 15.3. The Hall–Kier alpha value is -0.530. The molecule has 1 aliphatic rings. The first-order valence-corrected chi connectivity index (χ1v) is 2.59. The molecule has 0 aromatic rings. The number of hydrazone groups is 1. The highest BCUT2D eigenvalue weighted by Crippen LogP contribution is 2.02. The van der Waals surface area contributed by atoms with Crippen molar-refractivity contribution in [2.75, 3.05) is 0 Å². The van der Waals surface area contributed by atoms with Crippen LogP contribution in [0.25, 0.3) is 0 Å².